The Morgan fingerprint density at radius 2 is 2.00 bits per heavy atom. The Hall–Kier alpha value is -1.47. The number of hydrogen-bond acceptors (Lipinski definition) is 5. The molecule has 0 aromatic heterocycles. The lowest BCUT2D eigenvalue weighted by Crippen LogP contribution is -2.66. The van der Waals surface area contributed by atoms with Gasteiger partial charge in [-0.3, -0.25) is 24.6 Å². The molecule has 2 saturated heterocycles. The largest absolute Gasteiger partial charge is 0.318 e. The molecule has 20 heavy (non-hydrogen) atoms. The van der Waals surface area contributed by atoms with E-state index in [1.165, 1.54) is 4.90 Å². The minimum atomic E-state index is -0.977. The molecule has 7 heteroatoms. The first-order valence-electron chi connectivity index (χ1n) is 6.99. The summed E-state index contributed by atoms with van der Waals surface area (Å²) < 4.78 is 0. The van der Waals surface area contributed by atoms with Crippen LogP contribution in [0.2, 0.25) is 0 Å². The van der Waals surface area contributed by atoms with Gasteiger partial charge in [0.2, 0.25) is 11.8 Å². The average Bonchev–Trinajstić information content (AvgIpc) is 2.62. The summed E-state index contributed by atoms with van der Waals surface area (Å²) in [5.74, 6) is -1.00. The van der Waals surface area contributed by atoms with E-state index in [1.807, 2.05) is 0 Å². The van der Waals surface area contributed by atoms with E-state index in [0.717, 1.165) is 32.6 Å². The lowest BCUT2D eigenvalue weighted by atomic mass is 9.98. The zero-order valence-corrected chi connectivity index (χ0v) is 12.1. The molecule has 2 heterocycles. The monoisotopic (exact) mass is 282 g/mol. The summed E-state index contributed by atoms with van der Waals surface area (Å²) in [6.07, 6.45) is 0.996. The highest BCUT2D eigenvalue weighted by molar-refractivity contribution is 6.06. The van der Waals surface area contributed by atoms with Crippen LogP contribution < -0.4 is 10.6 Å². The van der Waals surface area contributed by atoms with Crippen LogP contribution in [0.5, 0.6) is 0 Å². The Bertz CT molecular complexity index is 414. The molecule has 112 valence electrons. The third-order valence-electron chi connectivity index (χ3n) is 3.88. The summed E-state index contributed by atoms with van der Waals surface area (Å²) in [4.78, 5) is 39.2. The van der Waals surface area contributed by atoms with Crippen molar-refractivity contribution in [1.29, 1.82) is 0 Å². The Morgan fingerprint density at radius 3 is 2.75 bits per heavy atom. The van der Waals surface area contributed by atoms with Crippen molar-refractivity contribution in [3.05, 3.63) is 0 Å². The molecule has 0 aromatic rings. The van der Waals surface area contributed by atoms with Gasteiger partial charge in [-0.25, -0.2) is 0 Å². The number of nitrogens with one attached hydrogen (secondary N) is 2. The van der Waals surface area contributed by atoms with Crippen LogP contribution in [0.3, 0.4) is 0 Å². The van der Waals surface area contributed by atoms with Gasteiger partial charge < -0.3 is 10.2 Å². The molecular formula is C13H22N4O3. The number of hydrogen-bond donors (Lipinski definition) is 2. The van der Waals surface area contributed by atoms with Crippen LogP contribution in [0.1, 0.15) is 20.3 Å². The van der Waals surface area contributed by atoms with Crippen molar-refractivity contribution in [3.63, 3.8) is 0 Å². The lowest BCUT2D eigenvalue weighted by Gasteiger charge is -2.40. The first kappa shape index (κ1) is 14.9. The second-order valence-electron chi connectivity index (χ2n) is 5.80. The first-order valence-corrected chi connectivity index (χ1v) is 6.99. The maximum absolute atomic E-state index is 12.4. The summed E-state index contributed by atoms with van der Waals surface area (Å²) in [7, 11) is 0. The molecule has 0 bridgehead atoms. The average molecular weight is 282 g/mol. The van der Waals surface area contributed by atoms with Crippen LogP contribution in [-0.2, 0) is 14.4 Å². The fourth-order valence-corrected chi connectivity index (χ4v) is 2.52. The Morgan fingerprint density at radius 1 is 1.25 bits per heavy atom. The van der Waals surface area contributed by atoms with Gasteiger partial charge in [-0.1, -0.05) is 0 Å². The van der Waals surface area contributed by atoms with Gasteiger partial charge in [0, 0.05) is 13.1 Å². The van der Waals surface area contributed by atoms with E-state index in [1.54, 1.807) is 13.8 Å². The second-order valence-corrected chi connectivity index (χ2v) is 5.80. The standard InChI is InChI=1S/C13H22N4O3/c1-13(2)12(20)15-10(18)8-17(13)11(19)9-16-6-3-4-14-5-7-16/h14H,3-9H2,1-2H3,(H,15,18,20). The van der Waals surface area contributed by atoms with Crippen LogP contribution in [0.15, 0.2) is 0 Å². The van der Waals surface area contributed by atoms with Gasteiger partial charge in [0.1, 0.15) is 12.1 Å². The van der Waals surface area contributed by atoms with E-state index in [-0.39, 0.29) is 19.0 Å². The van der Waals surface area contributed by atoms with E-state index in [0.29, 0.717) is 0 Å². The van der Waals surface area contributed by atoms with Crippen molar-refractivity contribution in [1.82, 2.24) is 20.4 Å². The third kappa shape index (κ3) is 3.16. The lowest BCUT2D eigenvalue weighted by molar-refractivity contribution is -0.156. The Kier molecular flexibility index (Phi) is 4.39. The minimum absolute atomic E-state index is 0.0519. The maximum Gasteiger partial charge on any atom is 0.252 e. The molecule has 0 aliphatic carbocycles. The van der Waals surface area contributed by atoms with E-state index in [4.69, 9.17) is 0 Å². The van der Waals surface area contributed by atoms with E-state index < -0.39 is 17.4 Å². The Labute approximate surface area is 118 Å². The van der Waals surface area contributed by atoms with Crippen LogP contribution in [0.25, 0.3) is 0 Å². The van der Waals surface area contributed by atoms with Gasteiger partial charge in [-0.2, -0.15) is 0 Å². The number of carbonyl (C=O) groups excluding carboxylic acids is 3. The third-order valence-corrected chi connectivity index (χ3v) is 3.88. The SMILES string of the molecule is CC1(C)C(=O)NC(=O)CN1C(=O)CN1CCCNCC1. The fraction of sp³-hybridized carbons (Fsp3) is 0.769. The highest BCUT2D eigenvalue weighted by Crippen LogP contribution is 2.18. The minimum Gasteiger partial charge on any atom is -0.318 e. The molecule has 0 saturated carbocycles. The number of imide groups is 1. The van der Waals surface area contributed by atoms with E-state index >= 15 is 0 Å². The fourth-order valence-electron chi connectivity index (χ4n) is 2.52. The van der Waals surface area contributed by atoms with Crippen LogP contribution >= 0.6 is 0 Å². The van der Waals surface area contributed by atoms with Gasteiger partial charge >= 0.3 is 0 Å². The Balaban J connectivity index is 2.02. The highest BCUT2D eigenvalue weighted by Gasteiger charge is 2.43. The predicted molar refractivity (Wildman–Crippen MR) is 72.9 cm³/mol. The number of carbonyl (C=O) groups is 3. The summed E-state index contributed by atoms with van der Waals surface area (Å²) in [5.41, 5.74) is -0.977. The zero-order valence-electron chi connectivity index (χ0n) is 12.1. The first-order chi connectivity index (χ1) is 9.41. The molecule has 2 aliphatic rings. The van der Waals surface area contributed by atoms with E-state index in [9.17, 15) is 14.4 Å². The van der Waals surface area contributed by atoms with Gasteiger partial charge in [-0.15, -0.1) is 0 Å². The summed E-state index contributed by atoms with van der Waals surface area (Å²) in [6, 6.07) is 0. The topological polar surface area (TPSA) is 81.8 Å². The molecule has 0 radical (unpaired) electrons. The summed E-state index contributed by atoms with van der Waals surface area (Å²) in [5, 5.41) is 5.55. The van der Waals surface area contributed by atoms with Crippen LogP contribution in [-0.4, -0.2) is 72.3 Å². The summed E-state index contributed by atoms with van der Waals surface area (Å²) >= 11 is 0. The number of rotatable bonds is 2. The quantitative estimate of drug-likeness (QED) is 0.605. The zero-order chi connectivity index (χ0) is 14.8. The molecule has 3 amide bonds. The molecule has 0 atom stereocenters. The summed E-state index contributed by atoms with van der Waals surface area (Å²) in [6.45, 7) is 7.01. The molecule has 2 rings (SSSR count). The van der Waals surface area contributed by atoms with Crippen molar-refractivity contribution < 1.29 is 14.4 Å². The molecule has 0 aromatic carbocycles. The van der Waals surface area contributed by atoms with Gasteiger partial charge in [0.05, 0.1) is 6.54 Å². The number of nitrogens with zero attached hydrogens (tertiary/aromatic N) is 2. The highest BCUT2D eigenvalue weighted by atomic mass is 16.2. The van der Waals surface area contributed by atoms with Crippen molar-refractivity contribution in [2.45, 2.75) is 25.8 Å². The molecule has 0 spiro atoms. The molecule has 0 unspecified atom stereocenters. The van der Waals surface area contributed by atoms with Gasteiger partial charge in [0.25, 0.3) is 5.91 Å². The normalized spacial score (nSPS) is 24.2. The maximum atomic E-state index is 12.4. The second kappa shape index (κ2) is 5.88. The molecule has 2 N–H and O–H groups in total. The molecule has 2 aliphatic heterocycles. The van der Waals surface area contributed by atoms with Gasteiger partial charge in [-0.05, 0) is 33.4 Å². The van der Waals surface area contributed by atoms with Crippen molar-refractivity contribution in [2.24, 2.45) is 0 Å². The van der Waals surface area contributed by atoms with Gasteiger partial charge in [0.15, 0.2) is 0 Å². The van der Waals surface area contributed by atoms with Crippen molar-refractivity contribution in [2.75, 3.05) is 39.3 Å². The molecular weight excluding hydrogens is 260 g/mol. The number of piperazine rings is 1. The predicted octanol–water partition coefficient (Wildman–Crippen LogP) is -1.45. The van der Waals surface area contributed by atoms with E-state index in [2.05, 4.69) is 15.5 Å². The number of amides is 3. The molecule has 2 fully saturated rings. The molecule has 7 nitrogen and oxygen atoms in total. The van der Waals surface area contributed by atoms with Crippen molar-refractivity contribution >= 4 is 17.7 Å². The van der Waals surface area contributed by atoms with Crippen LogP contribution in [0.4, 0.5) is 0 Å². The smallest absolute Gasteiger partial charge is 0.252 e. The van der Waals surface area contributed by atoms with Crippen molar-refractivity contribution in [3.8, 4) is 0 Å². The van der Waals surface area contributed by atoms with Crippen LogP contribution in [0, 0.1) is 0 Å².